The van der Waals surface area contributed by atoms with E-state index >= 15 is 0 Å². The third kappa shape index (κ3) is 2.57. The predicted octanol–water partition coefficient (Wildman–Crippen LogP) is 3.94. The van der Waals surface area contributed by atoms with E-state index in [1.165, 1.54) is 5.56 Å². The zero-order valence-electron chi connectivity index (χ0n) is 8.27. The molecule has 0 saturated carbocycles. The standard InChI is InChI=1S/C12H10BrNO/c1-9-4-6-10(7-5-9)15-12-11(13)3-2-8-14-12/h2-8H,1H3. The Morgan fingerprint density at radius 2 is 1.87 bits per heavy atom. The van der Waals surface area contributed by atoms with E-state index < -0.39 is 0 Å². The molecular weight excluding hydrogens is 254 g/mol. The molecule has 0 aliphatic heterocycles. The van der Waals surface area contributed by atoms with E-state index in [9.17, 15) is 0 Å². The summed E-state index contributed by atoms with van der Waals surface area (Å²) in [5.74, 6) is 1.38. The molecule has 2 aromatic rings. The van der Waals surface area contributed by atoms with Crippen LogP contribution in [-0.2, 0) is 0 Å². The second-order valence-electron chi connectivity index (χ2n) is 3.21. The summed E-state index contributed by atoms with van der Waals surface area (Å²) in [5.41, 5.74) is 1.21. The van der Waals surface area contributed by atoms with E-state index in [-0.39, 0.29) is 0 Å². The largest absolute Gasteiger partial charge is 0.438 e. The third-order valence-electron chi connectivity index (χ3n) is 1.96. The predicted molar refractivity (Wildman–Crippen MR) is 63.2 cm³/mol. The van der Waals surface area contributed by atoms with Crippen molar-refractivity contribution in [2.24, 2.45) is 0 Å². The summed E-state index contributed by atoms with van der Waals surface area (Å²) in [6, 6.07) is 11.6. The Balaban J connectivity index is 2.22. The van der Waals surface area contributed by atoms with Crippen molar-refractivity contribution in [2.45, 2.75) is 6.92 Å². The number of rotatable bonds is 2. The first-order chi connectivity index (χ1) is 7.25. The Bertz CT molecular complexity index is 453. The maximum atomic E-state index is 5.61. The van der Waals surface area contributed by atoms with Crippen LogP contribution in [0.5, 0.6) is 11.6 Å². The molecule has 1 aromatic heterocycles. The van der Waals surface area contributed by atoms with Gasteiger partial charge in [-0.05, 0) is 47.1 Å². The van der Waals surface area contributed by atoms with Crippen molar-refractivity contribution < 1.29 is 4.74 Å². The van der Waals surface area contributed by atoms with Gasteiger partial charge in [0.05, 0.1) is 4.47 Å². The highest BCUT2D eigenvalue weighted by atomic mass is 79.9. The van der Waals surface area contributed by atoms with Crippen molar-refractivity contribution in [2.75, 3.05) is 0 Å². The molecule has 15 heavy (non-hydrogen) atoms. The molecule has 1 aromatic carbocycles. The fourth-order valence-corrected chi connectivity index (χ4v) is 1.50. The van der Waals surface area contributed by atoms with Crippen molar-refractivity contribution in [3.8, 4) is 11.6 Å². The van der Waals surface area contributed by atoms with Crippen LogP contribution in [0.25, 0.3) is 0 Å². The smallest absolute Gasteiger partial charge is 0.233 e. The van der Waals surface area contributed by atoms with Crippen molar-refractivity contribution in [3.63, 3.8) is 0 Å². The van der Waals surface area contributed by atoms with Crippen LogP contribution in [0.3, 0.4) is 0 Å². The second kappa shape index (κ2) is 4.45. The molecule has 0 radical (unpaired) electrons. The minimum absolute atomic E-state index is 0.585. The summed E-state index contributed by atoms with van der Waals surface area (Å²) in [6.45, 7) is 2.04. The molecule has 0 bridgehead atoms. The number of hydrogen-bond acceptors (Lipinski definition) is 2. The van der Waals surface area contributed by atoms with E-state index in [4.69, 9.17) is 4.74 Å². The second-order valence-corrected chi connectivity index (χ2v) is 4.06. The topological polar surface area (TPSA) is 22.1 Å². The number of pyridine rings is 1. The molecule has 0 unspecified atom stereocenters. The Kier molecular flexibility index (Phi) is 3.02. The number of aromatic nitrogens is 1. The first-order valence-corrected chi connectivity index (χ1v) is 5.40. The van der Waals surface area contributed by atoms with Crippen LogP contribution in [-0.4, -0.2) is 4.98 Å². The fraction of sp³-hybridized carbons (Fsp3) is 0.0833. The number of halogens is 1. The van der Waals surface area contributed by atoms with Crippen LogP contribution in [0.15, 0.2) is 47.1 Å². The number of hydrogen-bond donors (Lipinski definition) is 0. The third-order valence-corrected chi connectivity index (χ3v) is 2.56. The lowest BCUT2D eigenvalue weighted by atomic mass is 10.2. The summed E-state index contributed by atoms with van der Waals surface area (Å²) in [7, 11) is 0. The molecule has 0 fully saturated rings. The van der Waals surface area contributed by atoms with Crippen LogP contribution >= 0.6 is 15.9 Å². The Morgan fingerprint density at radius 1 is 1.13 bits per heavy atom. The Labute approximate surface area is 97.1 Å². The van der Waals surface area contributed by atoms with Crippen LogP contribution < -0.4 is 4.74 Å². The molecule has 0 aliphatic rings. The van der Waals surface area contributed by atoms with Crippen LogP contribution in [0.4, 0.5) is 0 Å². The van der Waals surface area contributed by atoms with Crippen molar-refractivity contribution in [1.82, 2.24) is 4.98 Å². The molecule has 76 valence electrons. The number of nitrogens with zero attached hydrogens (tertiary/aromatic N) is 1. The maximum Gasteiger partial charge on any atom is 0.233 e. The lowest BCUT2D eigenvalue weighted by Crippen LogP contribution is -1.88. The minimum Gasteiger partial charge on any atom is -0.438 e. The monoisotopic (exact) mass is 263 g/mol. The lowest BCUT2D eigenvalue weighted by molar-refractivity contribution is 0.459. The van der Waals surface area contributed by atoms with Gasteiger partial charge >= 0.3 is 0 Å². The molecular formula is C12H10BrNO. The average molecular weight is 264 g/mol. The van der Waals surface area contributed by atoms with Crippen molar-refractivity contribution in [1.29, 1.82) is 0 Å². The molecule has 2 rings (SSSR count). The molecule has 0 N–H and O–H groups in total. The van der Waals surface area contributed by atoms with Gasteiger partial charge in [-0.1, -0.05) is 17.7 Å². The summed E-state index contributed by atoms with van der Waals surface area (Å²) >= 11 is 3.38. The van der Waals surface area contributed by atoms with Crippen LogP contribution in [0, 0.1) is 6.92 Å². The molecule has 2 nitrogen and oxygen atoms in total. The van der Waals surface area contributed by atoms with Gasteiger partial charge in [0.25, 0.3) is 0 Å². The summed E-state index contributed by atoms with van der Waals surface area (Å²) in [5, 5.41) is 0. The first-order valence-electron chi connectivity index (χ1n) is 4.61. The quantitative estimate of drug-likeness (QED) is 0.819. The van der Waals surface area contributed by atoms with E-state index in [1.54, 1.807) is 6.20 Å². The highest BCUT2D eigenvalue weighted by molar-refractivity contribution is 9.10. The zero-order chi connectivity index (χ0) is 10.7. The number of aryl methyl sites for hydroxylation is 1. The number of ether oxygens (including phenoxy) is 1. The van der Waals surface area contributed by atoms with Gasteiger partial charge in [-0.25, -0.2) is 4.98 Å². The van der Waals surface area contributed by atoms with Crippen LogP contribution in [0.1, 0.15) is 5.56 Å². The molecule has 0 aliphatic carbocycles. The van der Waals surface area contributed by atoms with Gasteiger partial charge in [-0.15, -0.1) is 0 Å². The van der Waals surface area contributed by atoms with Gasteiger partial charge in [0.2, 0.25) is 5.88 Å². The SMILES string of the molecule is Cc1ccc(Oc2ncccc2Br)cc1. The lowest BCUT2D eigenvalue weighted by Gasteiger charge is -2.05. The Hall–Kier alpha value is -1.35. The molecule has 1 heterocycles. The first kappa shape index (κ1) is 10.2. The molecule has 0 atom stereocenters. The molecule has 0 saturated heterocycles. The maximum absolute atomic E-state index is 5.61. The fourth-order valence-electron chi connectivity index (χ4n) is 1.16. The van der Waals surface area contributed by atoms with E-state index in [0.717, 1.165) is 10.2 Å². The normalized spacial score (nSPS) is 10.0. The van der Waals surface area contributed by atoms with Gasteiger partial charge in [-0.2, -0.15) is 0 Å². The molecule has 0 spiro atoms. The summed E-state index contributed by atoms with van der Waals surface area (Å²) in [4.78, 5) is 4.13. The van der Waals surface area contributed by atoms with Crippen LogP contribution in [0.2, 0.25) is 0 Å². The average Bonchev–Trinajstić information content (AvgIpc) is 2.25. The highest BCUT2D eigenvalue weighted by Gasteiger charge is 2.02. The molecule has 0 amide bonds. The van der Waals surface area contributed by atoms with Crippen molar-refractivity contribution in [3.05, 3.63) is 52.6 Å². The summed E-state index contributed by atoms with van der Waals surface area (Å²) < 4.78 is 6.46. The van der Waals surface area contributed by atoms with E-state index in [2.05, 4.69) is 20.9 Å². The summed E-state index contributed by atoms with van der Waals surface area (Å²) in [6.07, 6.45) is 1.70. The zero-order valence-corrected chi connectivity index (χ0v) is 9.86. The van der Waals surface area contributed by atoms with E-state index in [1.807, 2.05) is 43.3 Å². The van der Waals surface area contributed by atoms with E-state index in [0.29, 0.717) is 5.88 Å². The highest BCUT2D eigenvalue weighted by Crippen LogP contribution is 2.26. The van der Waals surface area contributed by atoms with Gasteiger partial charge < -0.3 is 4.74 Å². The minimum atomic E-state index is 0.585. The van der Waals surface area contributed by atoms with Gasteiger partial charge in [-0.3, -0.25) is 0 Å². The Morgan fingerprint density at radius 3 is 2.53 bits per heavy atom. The number of benzene rings is 1. The van der Waals surface area contributed by atoms with Gasteiger partial charge in [0.15, 0.2) is 0 Å². The molecule has 3 heteroatoms. The van der Waals surface area contributed by atoms with Gasteiger partial charge in [0.1, 0.15) is 5.75 Å². The van der Waals surface area contributed by atoms with Gasteiger partial charge in [0, 0.05) is 6.20 Å². The van der Waals surface area contributed by atoms with Crippen molar-refractivity contribution >= 4 is 15.9 Å².